The molecule has 0 aromatic heterocycles. The molecule has 1 rings (SSSR count). The molecular weight excluding hydrogens is 255 g/mol. The van der Waals surface area contributed by atoms with Gasteiger partial charge in [0.05, 0.1) is 12.1 Å². The molecule has 0 saturated heterocycles. The molecule has 5 heteroatoms. The molecule has 1 amide bonds. The highest BCUT2D eigenvalue weighted by Gasteiger charge is 2.30. The molecule has 2 nitrogen and oxygen atoms in total. The quantitative estimate of drug-likeness (QED) is 0.837. The van der Waals surface area contributed by atoms with E-state index in [9.17, 15) is 18.0 Å². The minimum Gasteiger partial charge on any atom is -0.345 e. The Hall–Kier alpha value is -1.96. The van der Waals surface area contributed by atoms with Gasteiger partial charge in [-0.1, -0.05) is 25.0 Å². The fourth-order valence-electron chi connectivity index (χ4n) is 1.62. The fourth-order valence-corrected chi connectivity index (χ4v) is 1.62. The highest BCUT2D eigenvalue weighted by atomic mass is 19.4. The molecule has 0 aliphatic heterocycles. The number of rotatable bonds is 4. The first-order valence-electron chi connectivity index (χ1n) is 5.72. The minimum absolute atomic E-state index is 0.151. The van der Waals surface area contributed by atoms with Crippen LogP contribution in [0.3, 0.4) is 0 Å². The Morgan fingerprint density at radius 3 is 2.42 bits per heavy atom. The smallest absolute Gasteiger partial charge is 0.345 e. The van der Waals surface area contributed by atoms with Crippen LogP contribution < -0.4 is 5.32 Å². The van der Waals surface area contributed by atoms with Crippen LogP contribution in [0.1, 0.15) is 30.4 Å². The van der Waals surface area contributed by atoms with Gasteiger partial charge in [-0.05, 0) is 23.6 Å². The Bertz CT molecular complexity index is 471. The third-order valence-electron chi connectivity index (χ3n) is 2.69. The molecule has 0 bridgehead atoms. The van der Waals surface area contributed by atoms with Gasteiger partial charge in [0.1, 0.15) is 0 Å². The zero-order valence-electron chi connectivity index (χ0n) is 10.4. The molecule has 1 aromatic carbocycles. The number of nitrogens with one attached hydrogen (secondary N) is 1. The SMILES string of the molecule is C#CCNC(=O)CC(C)c1ccc(C(F)(F)F)cc1. The molecule has 0 fully saturated rings. The molecule has 0 heterocycles. The zero-order chi connectivity index (χ0) is 14.5. The van der Waals surface area contributed by atoms with Crippen molar-refractivity contribution in [2.24, 2.45) is 0 Å². The maximum Gasteiger partial charge on any atom is 0.416 e. The number of carbonyl (C=O) groups is 1. The van der Waals surface area contributed by atoms with Crippen molar-refractivity contribution in [3.63, 3.8) is 0 Å². The summed E-state index contributed by atoms with van der Waals surface area (Å²) in [4.78, 5) is 11.4. The molecule has 0 saturated carbocycles. The molecule has 1 atom stereocenters. The van der Waals surface area contributed by atoms with Crippen LogP contribution >= 0.6 is 0 Å². The van der Waals surface area contributed by atoms with E-state index in [1.165, 1.54) is 12.1 Å². The van der Waals surface area contributed by atoms with E-state index in [0.717, 1.165) is 12.1 Å². The van der Waals surface area contributed by atoms with E-state index in [1.807, 2.05) is 0 Å². The van der Waals surface area contributed by atoms with Crippen LogP contribution in [0, 0.1) is 12.3 Å². The predicted molar refractivity (Wildman–Crippen MR) is 66.3 cm³/mol. The lowest BCUT2D eigenvalue weighted by Gasteiger charge is -2.13. The lowest BCUT2D eigenvalue weighted by atomic mass is 9.96. The van der Waals surface area contributed by atoms with Crippen molar-refractivity contribution in [1.29, 1.82) is 0 Å². The monoisotopic (exact) mass is 269 g/mol. The second kappa shape index (κ2) is 6.28. The van der Waals surface area contributed by atoms with Gasteiger partial charge in [-0.15, -0.1) is 6.42 Å². The Morgan fingerprint density at radius 2 is 1.95 bits per heavy atom. The predicted octanol–water partition coefficient (Wildman–Crippen LogP) is 2.95. The van der Waals surface area contributed by atoms with E-state index in [1.54, 1.807) is 6.92 Å². The van der Waals surface area contributed by atoms with Crippen molar-refractivity contribution in [3.05, 3.63) is 35.4 Å². The second-order valence-electron chi connectivity index (χ2n) is 4.21. The second-order valence-corrected chi connectivity index (χ2v) is 4.21. The first kappa shape index (κ1) is 15.1. The van der Waals surface area contributed by atoms with E-state index in [-0.39, 0.29) is 24.8 Å². The van der Waals surface area contributed by atoms with Crippen molar-refractivity contribution in [1.82, 2.24) is 5.32 Å². The lowest BCUT2D eigenvalue weighted by Crippen LogP contribution is -2.24. The topological polar surface area (TPSA) is 29.1 Å². The first-order chi connectivity index (χ1) is 8.84. The normalized spacial score (nSPS) is 12.6. The Balaban J connectivity index is 2.66. The Morgan fingerprint density at radius 1 is 1.37 bits per heavy atom. The average molecular weight is 269 g/mol. The number of benzene rings is 1. The summed E-state index contributed by atoms with van der Waals surface area (Å²) in [6, 6.07) is 4.82. The number of hydrogen-bond donors (Lipinski definition) is 1. The number of carbonyl (C=O) groups excluding carboxylic acids is 1. The van der Waals surface area contributed by atoms with Gasteiger partial charge in [-0.25, -0.2) is 0 Å². The van der Waals surface area contributed by atoms with Crippen molar-refractivity contribution in [2.75, 3.05) is 6.54 Å². The maximum absolute atomic E-state index is 12.4. The van der Waals surface area contributed by atoms with Gasteiger partial charge in [0.15, 0.2) is 0 Å². The highest BCUT2D eigenvalue weighted by molar-refractivity contribution is 5.77. The molecule has 0 aliphatic rings. The largest absolute Gasteiger partial charge is 0.416 e. The molecule has 0 spiro atoms. The molecule has 1 aromatic rings. The number of hydrogen-bond acceptors (Lipinski definition) is 1. The van der Waals surface area contributed by atoms with E-state index < -0.39 is 11.7 Å². The van der Waals surface area contributed by atoms with Crippen LogP contribution in [0.15, 0.2) is 24.3 Å². The molecule has 0 aliphatic carbocycles. The van der Waals surface area contributed by atoms with Crippen LogP contribution in [-0.4, -0.2) is 12.5 Å². The molecule has 1 unspecified atom stereocenters. The summed E-state index contributed by atoms with van der Waals surface area (Å²) in [6.07, 6.45) is 0.851. The third kappa shape index (κ3) is 4.66. The van der Waals surface area contributed by atoms with Crippen LogP contribution in [0.5, 0.6) is 0 Å². The average Bonchev–Trinajstić information content (AvgIpc) is 2.35. The minimum atomic E-state index is -4.34. The molecular formula is C14H14F3NO. The van der Waals surface area contributed by atoms with Crippen LogP contribution in [0.2, 0.25) is 0 Å². The van der Waals surface area contributed by atoms with E-state index in [4.69, 9.17) is 6.42 Å². The molecule has 1 N–H and O–H groups in total. The summed E-state index contributed by atoms with van der Waals surface area (Å²) in [5.74, 6) is 1.89. The van der Waals surface area contributed by atoms with Gasteiger partial charge in [0.2, 0.25) is 5.91 Å². The van der Waals surface area contributed by atoms with Crippen molar-refractivity contribution in [3.8, 4) is 12.3 Å². The Kier molecular flexibility index (Phi) is 4.99. The summed E-state index contributed by atoms with van der Waals surface area (Å²) in [5, 5.41) is 2.51. The summed E-state index contributed by atoms with van der Waals surface area (Å²) >= 11 is 0. The Labute approximate surface area is 110 Å². The van der Waals surface area contributed by atoms with Crippen molar-refractivity contribution in [2.45, 2.75) is 25.4 Å². The van der Waals surface area contributed by atoms with Crippen LogP contribution in [0.4, 0.5) is 13.2 Å². The van der Waals surface area contributed by atoms with Crippen molar-refractivity contribution >= 4 is 5.91 Å². The summed E-state index contributed by atoms with van der Waals surface area (Å²) in [6.45, 7) is 1.93. The van der Waals surface area contributed by atoms with Gasteiger partial charge in [0, 0.05) is 6.42 Å². The van der Waals surface area contributed by atoms with E-state index >= 15 is 0 Å². The zero-order valence-corrected chi connectivity index (χ0v) is 10.4. The summed E-state index contributed by atoms with van der Waals surface area (Å²) < 4.78 is 37.2. The van der Waals surface area contributed by atoms with Gasteiger partial charge in [0.25, 0.3) is 0 Å². The molecule has 19 heavy (non-hydrogen) atoms. The van der Waals surface area contributed by atoms with Gasteiger partial charge in [-0.3, -0.25) is 4.79 Å². The highest BCUT2D eigenvalue weighted by Crippen LogP contribution is 2.30. The summed E-state index contributed by atoms with van der Waals surface area (Å²) in [7, 11) is 0. The maximum atomic E-state index is 12.4. The van der Waals surface area contributed by atoms with Gasteiger partial charge >= 0.3 is 6.18 Å². The molecule has 102 valence electrons. The van der Waals surface area contributed by atoms with Gasteiger partial charge < -0.3 is 5.32 Å². The lowest BCUT2D eigenvalue weighted by molar-refractivity contribution is -0.137. The standard InChI is InChI=1S/C14H14F3NO/c1-3-8-18-13(19)9-10(2)11-4-6-12(7-5-11)14(15,16)17/h1,4-7,10H,8-9H2,2H3,(H,18,19). The number of terminal acetylenes is 1. The summed E-state index contributed by atoms with van der Waals surface area (Å²) in [5.41, 5.74) is -0.0101. The number of halogens is 3. The van der Waals surface area contributed by atoms with Crippen LogP contribution in [-0.2, 0) is 11.0 Å². The third-order valence-corrected chi connectivity index (χ3v) is 2.69. The molecule has 0 radical (unpaired) electrons. The van der Waals surface area contributed by atoms with Gasteiger partial charge in [-0.2, -0.15) is 13.2 Å². The fraction of sp³-hybridized carbons (Fsp3) is 0.357. The number of amides is 1. The van der Waals surface area contributed by atoms with Crippen molar-refractivity contribution < 1.29 is 18.0 Å². The number of alkyl halides is 3. The van der Waals surface area contributed by atoms with E-state index in [2.05, 4.69) is 11.2 Å². The first-order valence-corrected chi connectivity index (χ1v) is 5.72. The van der Waals surface area contributed by atoms with E-state index in [0.29, 0.717) is 5.56 Å². The van der Waals surface area contributed by atoms with Crippen LogP contribution in [0.25, 0.3) is 0 Å².